The van der Waals surface area contributed by atoms with E-state index >= 15 is 0 Å². The van der Waals surface area contributed by atoms with Crippen LogP contribution in [0.4, 0.5) is 4.39 Å². The number of hydrogen-bond acceptors (Lipinski definition) is 2. The average Bonchev–Trinajstić information content (AvgIpc) is 2.71. The fraction of sp³-hybridized carbons (Fsp3) is 0.600. The molecular formula is C10H14FNS. The van der Waals surface area contributed by atoms with Crippen molar-refractivity contribution in [1.29, 1.82) is 0 Å². The van der Waals surface area contributed by atoms with Crippen molar-refractivity contribution >= 4 is 11.3 Å². The second-order valence-electron chi connectivity index (χ2n) is 3.65. The maximum Gasteiger partial charge on any atom is 0.0941 e. The van der Waals surface area contributed by atoms with Gasteiger partial charge in [0.1, 0.15) is 0 Å². The third kappa shape index (κ3) is 1.63. The van der Waals surface area contributed by atoms with Crippen LogP contribution in [-0.2, 0) is 0 Å². The fourth-order valence-electron chi connectivity index (χ4n) is 1.97. The summed E-state index contributed by atoms with van der Waals surface area (Å²) in [6, 6.07) is 2.12. The smallest absolute Gasteiger partial charge is 0.0941 e. The van der Waals surface area contributed by atoms with Crippen LogP contribution in [0.25, 0.3) is 0 Å². The Morgan fingerprint density at radius 2 is 2.46 bits per heavy atom. The monoisotopic (exact) mass is 199 g/mol. The average molecular weight is 199 g/mol. The van der Waals surface area contributed by atoms with Crippen LogP contribution >= 0.6 is 11.3 Å². The number of hydrogen-bond donors (Lipinski definition) is 1. The van der Waals surface area contributed by atoms with E-state index < -0.39 is 0 Å². The van der Waals surface area contributed by atoms with Gasteiger partial charge in [0.05, 0.1) is 6.67 Å². The van der Waals surface area contributed by atoms with Crippen molar-refractivity contribution in [2.24, 2.45) is 5.92 Å². The summed E-state index contributed by atoms with van der Waals surface area (Å²) in [6.07, 6.45) is 0. The number of alkyl halides is 1. The molecule has 72 valence electrons. The second-order valence-corrected chi connectivity index (χ2v) is 4.59. The van der Waals surface area contributed by atoms with E-state index in [-0.39, 0.29) is 12.6 Å². The van der Waals surface area contributed by atoms with Gasteiger partial charge in [-0.3, -0.25) is 4.39 Å². The van der Waals surface area contributed by atoms with Gasteiger partial charge >= 0.3 is 0 Å². The maximum atomic E-state index is 12.6. The quantitative estimate of drug-likeness (QED) is 0.771. The molecule has 3 heteroatoms. The summed E-state index contributed by atoms with van der Waals surface area (Å²) >= 11 is 1.76. The van der Waals surface area contributed by atoms with Crippen molar-refractivity contribution in [3.05, 3.63) is 21.9 Å². The lowest BCUT2D eigenvalue weighted by atomic mass is 9.94. The van der Waals surface area contributed by atoms with Gasteiger partial charge in [-0.05, 0) is 23.9 Å². The highest BCUT2D eigenvalue weighted by molar-refractivity contribution is 7.10. The highest BCUT2D eigenvalue weighted by Crippen LogP contribution is 2.33. The maximum absolute atomic E-state index is 12.6. The molecule has 0 radical (unpaired) electrons. The van der Waals surface area contributed by atoms with Gasteiger partial charge in [-0.15, -0.1) is 11.3 Å². The highest BCUT2D eigenvalue weighted by atomic mass is 32.1. The molecule has 2 heterocycles. The van der Waals surface area contributed by atoms with E-state index in [4.69, 9.17) is 0 Å². The van der Waals surface area contributed by atoms with Gasteiger partial charge in [0, 0.05) is 29.8 Å². The topological polar surface area (TPSA) is 12.0 Å². The zero-order valence-electron chi connectivity index (χ0n) is 7.72. The van der Waals surface area contributed by atoms with Gasteiger partial charge in [0.2, 0.25) is 0 Å². The van der Waals surface area contributed by atoms with Crippen LogP contribution in [0, 0.1) is 12.8 Å². The minimum atomic E-state index is -0.199. The molecule has 13 heavy (non-hydrogen) atoms. The van der Waals surface area contributed by atoms with Crippen molar-refractivity contribution in [3.8, 4) is 0 Å². The second kappa shape index (κ2) is 3.76. The molecule has 2 atom stereocenters. The molecule has 0 aliphatic carbocycles. The molecule has 0 bridgehead atoms. The summed E-state index contributed by atoms with van der Waals surface area (Å²) in [4.78, 5) is 1.37. The van der Waals surface area contributed by atoms with Crippen molar-refractivity contribution < 1.29 is 4.39 Å². The largest absolute Gasteiger partial charge is 0.316 e. The predicted molar refractivity (Wildman–Crippen MR) is 54.1 cm³/mol. The zero-order valence-corrected chi connectivity index (χ0v) is 8.53. The first kappa shape index (κ1) is 9.16. The van der Waals surface area contributed by atoms with Gasteiger partial charge in [-0.2, -0.15) is 0 Å². The Morgan fingerprint density at radius 3 is 3.08 bits per heavy atom. The molecular weight excluding hydrogens is 185 g/mol. The van der Waals surface area contributed by atoms with Crippen LogP contribution in [0.3, 0.4) is 0 Å². The van der Waals surface area contributed by atoms with Crippen molar-refractivity contribution in [2.75, 3.05) is 19.8 Å². The first-order valence-electron chi connectivity index (χ1n) is 4.63. The molecule has 2 rings (SSSR count). The lowest BCUT2D eigenvalue weighted by Gasteiger charge is -2.14. The summed E-state index contributed by atoms with van der Waals surface area (Å²) in [5.41, 5.74) is 1.32. The van der Waals surface area contributed by atoms with E-state index in [0.717, 1.165) is 13.1 Å². The summed E-state index contributed by atoms with van der Waals surface area (Å²) in [6.45, 7) is 3.68. The molecule has 0 aromatic carbocycles. The third-order valence-electron chi connectivity index (χ3n) is 2.78. The molecule has 0 amide bonds. The number of aryl methyl sites for hydroxylation is 1. The van der Waals surface area contributed by atoms with Crippen molar-refractivity contribution in [3.63, 3.8) is 0 Å². The molecule has 1 N–H and O–H groups in total. The van der Waals surface area contributed by atoms with Crippen LogP contribution in [0.15, 0.2) is 11.4 Å². The standard InChI is InChI=1S/C10H14FNS/c1-7-2-3-13-10(7)9-6-12-5-8(9)4-11/h2-3,8-9,12H,4-6H2,1H3. The molecule has 0 saturated carbocycles. The molecule has 1 aromatic rings. The van der Waals surface area contributed by atoms with Crippen LogP contribution in [0.2, 0.25) is 0 Å². The van der Waals surface area contributed by atoms with Gasteiger partial charge in [-0.1, -0.05) is 0 Å². The Bertz CT molecular complexity index is 284. The van der Waals surface area contributed by atoms with Gasteiger partial charge in [0.15, 0.2) is 0 Å². The summed E-state index contributed by atoms with van der Waals surface area (Å²) in [7, 11) is 0. The molecule has 1 aromatic heterocycles. The molecule has 1 saturated heterocycles. The highest BCUT2D eigenvalue weighted by Gasteiger charge is 2.29. The van der Waals surface area contributed by atoms with Crippen LogP contribution in [0.1, 0.15) is 16.4 Å². The minimum Gasteiger partial charge on any atom is -0.316 e. The van der Waals surface area contributed by atoms with Gasteiger partial charge in [-0.25, -0.2) is 0 Å². The Kier molecular flexibility index (Phi) is 2.65. The van der Waals surface area contributed by atoms with Crippen LogP contribution in [0.5, 0.6) is 0 Å². The van der Waals surface area contributed by atoms with E-state index in [9.17, 15) is 4.39 Å². The normalized spacial score (nSPS) is 28.2. The Balaban J connectivity index is 2.20. The molecule has 1 aliphatic heterocycles. The lowest BCUT2D eigenvalue weighted by Crippen LogP contribution is -2.12. The first-order valence-corrected chi connectivity index (χ1v) is 5.51. The third-order valence-corrected chi connectivity index (χ3v) is 3.93. The molecule has 1 aliphatic rings. The van der Waals surface area contributed by atoms with Crippen LogP contribution in [-0.4, -0.2) is 19.8 Å². The Morgan fingerprint density at radius 1 is 1.62 bits per heavy atom. The predicted octanol–water partition coefficient (Wildman–Crippen LogP) is 2.33. The number of nitrogens with one attached hydrogen (secondary N) is 1. The minimum absolute atomic E-state index is 0.192. The van der Waals surface area contributed by atoms with Crippen LogP contribution < -0.4 is 5.32 Å². The SMILES string of the molecule is Cc1ccsc1C1CNCC1CF. The fourth-order valence-corrected chi connectivity index (χ4v) is 3.09. The van der Waals surface area contributed by atoms with E-state index in [1.54, 1.807) is 11.3 Å². The van der Waals surface area contributed by atoms with E-state index in [1.807, 2.05) is 0 Å². The van der Waals surface area contributed by atoms with E-state index in [0.29, 0.717) is 5.92 Å². The Hall–Kier alpha value is -0.410. The molecule has 1 fully saturated rings. The summed E-state index contributed by atoms with van der Waals surface area (Å²) in [5, 5.41) is 5.35. The molecule has 2 unspecified atom stereocenters. The van der Waals surface area contributed by atoms with E-state index in [1.165, 1.54) is 10.4 Å². The summed E-state index contributed by atoms with van der Waals surface area (Å²) < 4.78 is 12.6. The van der Waals surface area contributed by atoms with Gasteiger partial charge in [0.25, 0.3) is 0 Å². The number of rotatable bonds is 2. The lowest BCUT2D eigenvalue weighted by molar-refractivity contribution is 0.360. The number of thiophene rings is 1. The first-order chi connectivity index (χ1) is 6.33. The Labute approximate surface area is 82.0 Å². The molecule has 0 spiro atoms. The summed E-state index contributed by atoms with van der Waals surface area (Å²) in [5.74, 6) is 0.599. The zero-order chi connectivity index (χ0) is 9.26. The van der Waals surface area contributed by atoms with Gasteiger partial charge < -0.3 is 5.32 Å². The number of halogens is 1. The van der Waals surface area contributed by atoms with E-state index in [2.05, 4.69) is 23.7 Å². The van der Waals surface area contributed by atoms with Crippen molar-refractivity contribution in [1.82, 2.24) is 5.32 Å². The van der Waals surface area contributed by atoms with Crippen molar-refractivity contribution in [2.45, 2.75) is 12.8 Å². The molecule has 1 nitrogen and oxygen atoms in total.